The summed E-state index contributed by atoms with van der Waals surface area (Å²) in [6.07, 6.45) is 0.766. The van der Waals surface area contributed by atoms with E-state index < -0.39 is 10.0 Å². The molecular weight excluding hydrogens is 324 g/mol. The molecule has 0 unspecified atom stereocenters. The number of benzene rings is 2. The summed E-state index contributed by atoms with van der Waals surface area (Å²) < 4.78 is 32.2. The largest absolute Gasteiger partial charge is 0.492 e. The van der Waals surface area contributed by atoms with Gasteiger partial charge in [0, 0.05) is 24.8 Å². The molecule has 2 aromatic carbocycles. The van der Waals surface area contributed by atoms with E-state index in [-0.39, 0.29) is 12.4 Å². The summed E-state index contributed by atoms with van der Waals surface area (Å²) in [7, 11) is -3.39. The first kappa shape index (κ1) is 18.3. The van der Waals surface area contributed by atoms with Crippen LogP contribution in [0, 0.1) is 0 Å². The van der Waals surface area contributed by atoms with Crippen LogP contribution in [0.4, 0.5) is 5.69 Å². The summed E-state index contributed by atoms with van der Waals surface area (Å²) in [6, 6.07) is 16.6. The first-order valence-corrected chi connectivity index (χ1v) is 9.62. The number of anilines is 1. The lowest BCUT2D eigenvalue weighted by Crippen LogP contribution is -2.35. The molecule has 2 aromatic rings. The summed E-state index contributed by atoms with van der Waals surface area (Å²) >= 11 is 0. The number of nitrogen functional groups attached to an aromatic ring is 1. The third-order valence-corrected chi connectivity index (χ3v) is 5.32. The van der Waals surface area contributed by atoms with Gasteiger partial charge in [-0.05, 0) is 24.1 Å². The average molecular weight is 348 g/mol. The summed E-state index contributed by atoms with van der Waals surface area (Å²) in [4.78, 5) is 0. The van der Waals surface area contributed by atoms with Crippen molar-refractivity contribution < 1.29 is 13.2 Å². The van der Waals surface area contributed by atoms with Crippen LogP contribution in [0.1, 0.15) is 18.9 Å². The van der Waals surface area contributed by atoms with Crippen molar-refractivity contribution in [2.75, 3.05) is 24.6 Å². The third-order valence-electron chi connectivity index (χ3n) is 3.54. The summed E-state index contributed by atoms with van der Waals surface area (Å²) in [5, 5.41) is 0. The highest BCUT2D eigenvalue weighted by Crippen LogP contribution is 2.15. The highest BCUT2D eigenvalue weighted by molar-refractivity contribution is 7.89. The van der Waals surface area contributed by atoms with Gasteiger partial charge in [0.25, 0.3) is 0 Å². The van der Waals surface area contributed by atoms with Gasteiger partial charge < -0.3 is 10.5 Å². The Morgan fingerprint density at radius 3 is 2.50 bits per heavy atom. The Bertz CT molecular complexity index is 733. The highest BCUT2D eigenvalue weighted by Gasteiger charge is 2.21. The van der Waals surface area contributed by atoms with E-state index in [1.165, 1.54) is 4.31 Å². The van der Waals surface area contributed by atoms with Crippen LogP contribution in [0.3, 0.4) is 0 Å². The molecule has 130 valence electrons. The molecule has 0 aliphatic carbocycles. The van der Waals surface area contributed by atoms with Gasteiger partial charge in [0.05, 0.1) is 5.75 Å². The second-order valence-electron chi connectivity index (χ2n) is 5.56. The number of rotatable bonds is 9. The first-order valence-electron chi connectivity index (χ1n) is 8.01. The molecule has 24 heavy (non-hydrogen) atoms. The Labute approximate surface area is 144 Å². The molecule has 2 N–H and O–H groups in total. The predicted octanol–water partition coefficient (Wildman–Crippen LogP) is 2.89. The van der Waals surface area contributed by atoms with E-state index in [4.69, 9.17) is 10.5 Å². The lowest BCUT2D eigenvalue weighted by molar-refractivity contribution is 0.333. The molecule has 5 nitrogen and oxygen atoms in total. The molecule has 0 saturated carbocycles. The molecule has 2 rings (SSSR count). The van der Waals surface area contributed by atoms with Crippen molar-refractivity contribution >= 4 is 15.7 Å². The first-order chi connectivity index (χ1) is 11.5. The number of sulfonamides is 1. The van der Waals surface area contributed by atoms with E-state index in [9.17, 15) is 8.42 Å². The van der Waals surface area contributed by atoms with Crippen molar-refractivity contribution in [1.29, 1.82) is 0 Å². The lowest BCUT2D eigenvalue weighted by atomic mass is 10.2. The quantitative estimate of drug-likeness (QED) is 0.707. The molecule has 0 aliphatic heterocycles. The average Bonchev–Trinajstić information content (AvgIpc) is 2.55. The standard InChI is InChI=1S/C18H24N2O3S/c1-2-11-20(15-16-7-4-3-5-8-16)24(21,22)13-12-23-18-10-6-9-17(19)14-18/h3-10,14H,2,11-13,15,19H2,1H3. The second-order valence-corrected chi connectivity index (χ2v) is 7.64. The predicted molar refractivity (Wildman–Crippen MR) is 97.3 cm³/mol. The van der Waals surface area contributed by atoms with E-state index in [0.29, 0.717) is 24.5 Å². The maximum Gasteiger partial charge on any atom is 0.217 e. The second kappa shape index (κ2) is 8.70. The summed E-state index contributed by atoms with van der Waals surface area (Å²) in [5.41, 5.74) is 7.25. The van der Waals surface area contributed by atoms with Crippen LogP contribution in [0.2, 0.25) is 0 Å². The van der Waals surface area contributed by atoms with Crippen molar-refractivity contribution in [3.05, 3.63) is 60.2 Å². The van der Waals surface area contributed by atoms with Gasteiger partial charge in [0.1, 0.15) is 12.4 Å². The lowest BCUT2D eigenvalue weighted by Gasteiger charge is -2.22. The molecule has 0 aliphatic rings. The van der Waals surface area contributed by atoms with E-state index in [1.807, 2.05) is 37.3 Å². The Balaban J connectivity index is 1.97. The van der Waals surface area contributed by atoms with Crippen LogP contribution in [0.5, 0.6) is 5.75 Å². The molecular formula is C18H24N2O3S. The molecule has 0 saturated heterocycles. The zero-order valence-electron chi connectivity index (χ0n) is 13.9. The van der Waals surface area contributed by atoms with Gasteiger partial charge in [0.2, 0.25) is 10.0 Å². The molecule has 0 amide bonds. The minimum Gasteiger partial charge on any atom is -0.492 e. The molecule has 0 aromatic heterocycles. The van der Waals surface area contributed by atoms with Crippen molar-refractivity contribution in [3.8, 4) is 5.75 Å². The van der Waals surface area contributed by atoms with Gasteiger partial charge >= 0.3 is 0 Å². The van der Waals surface area contributed by atoms with Crippen molar-refractivity contribution in [1.82, 2.24) is 4.31 Å². The molecule has 0 heterocycles. The Kier molecular flexibility index (Phi) is 6.63. The molecule has 0 radical (unpaired) electrons. The van der Waals surface area contributed by atoms with Crippen LogP contribution in [0.25, 0.3) is 0 Å². The summed E-state index contributed by atoms with van der Waals surface area (Å²) in [6.45, 7) is 2.95. The van der Waals surface area contributed by atoms with Gasteiger partial charge in [-0.2, -0.15) is 4.31 Å². The topological polar surface area (TPSA) is 72.6 Å². The van der Waals surface area contributed by atoms with Crippen LogP contribution >= 0.6 is 0 Å². The van der Waals surface area contributed by atoms with Crippen LogP contribution in [0.15, 0.2) is 54.6 Å². The molecule has 0 atom stereocenters. The Morgan fingerprint density at radius 2 is 1.83 bits per heavy atom. The monoisotopic (exact) mass is 348 g/mol. The maximum absolute atomic E-state index is 12.6. The number of hydrogen-bond donors (Lipinski definition) is 1. The van der Waals surface area contributed by atoms with E-state index >= 15 is 0 Å². The smallest absolute Gasteiger partial charge is 0.217 e. The fourth-order valence-corrected chi connectivity index (χ4v) is 3.71. The molecule has 6 heteroatoms. The number of hydrogen-bond acceptors (Lipinski definition) is 4. The van der Waals surface area contributed by atoms with Crippen LogP contribution in [-0.4, -0.2) is 31.6 Å². The minimum atomic E-state index is -3.39. The van der Waals surface area contributed by atoms with Gasteiger partial charge in [0.15, 0.2) is 0 Å². The molecule has 0 bridgehead atoms. The van der Waals surface area contributed by atoms with Crippen molar-refractivity contribution in [2.45, 2.75) is 19.9 Å². The zero-order valence-corrected chi connectivity index (χ0v) is 14.7. The fraction of sp³-hybridized carbons (Fsp3) is 0.333. The minimum absolute atomic E-state index is 0.0609. The fourth-order valence-electron chi connectivity index (χ4n) is 2.35. The zero-order chi connectivity index (χ0) is 17.4. The van der Waals surface area contributed by atoms with E-state index in [0.717, 1.165) is 12.0 Å². The van der Waals surface area contributed by atoms with Gasteiger partial charge in [-0.1, -0.05) is 43.3 Å². The van der Waals surface area contributed by atoms with E-state index in [1.54, 1.807) is 24.3 Å². The normalized spacial score (nSPS) is 11.6. The van der Waals surface area contributed by atoms with E-state index in [2.05, 4.69) is 0 Å². The SMILES string of the molecule is CCCN(Cc1ccccc1)S(=O)(=O)CCOc1cccc(N)c1. The third kappa shape index (κ3) is 5.54. The molecule has 0 spiro atoms. The maximum atomic E-state index is 12.6. The summed E-state index contributed by atoms with van der Waals surface area (Å²) in [5.74, 6) is 0.518. The number of ether oxygens (including phenoxy) is 1. The number of nitrogens with two attached hydrogens (primary N) is 1. The number of nitrogens with zero attached hydrogens (tertiary/aromatic N) is 1. The van der Waals surface area contributed by atoms with Crippen LogP contribution in [-0.2, 0) is 16.6 Å². The van der Waals surface area contributed by atoms with Crippen molar-refractivity contribution in [2.24, 2.45) is 0 Å². The Morgan fingerprint density at radius 1 is 1.08 bits per heavy atom. The molecule has 0 fully saturated rings. The van der Waals surface area contributed by atoms with Crippen LogP contribution < -0.4 is 10.5 Å². The highest BCUT2D eigenvalue weighted by atomic mass is 32.2. The van der Waals surface area contributed by atoms with Gasteiger partial charge in [-0.25, -0.2) is 8.42 Å². The Hall–Kier alpha value is -2.05. The van der Waals surface area contributed by atoms with Crippen molar-refractivity contribution in [3.63, 3.8) is 0 Å². The van der Waals surface area contributed by atoms with Gasteiger partial charge in [-0.15, -0.1) is 0 Å². The van der Waals surface area contributed by atoms with Gasteiger partial charge in [-0.3, -0.25) is 0 Å².